The Morgan fingerprint density at radius 1 is 1.25 bits per heavy atom. The molecule has 88 valence electrons. The quantitative estimate of drug-likeness (QED) is 0.539. The fraction of sp³-hybridized carbons (Fsp3) is 0.571. The van der Waals surface area contributed by atoms with Gasteiger partial charge in [0.05, 0.1) is 6.61 Å². The van der Waals surface area contributed by atoms with Crippen molar-refractivity contribution in [2.45, 2.75) is 37.1 Å². The minimum absolute atomic E-state index is 0.729. The standard InChI is InChI=1S/C14H19BrO/c15-14(13-8-9-13)7-4-10-16-11-12-5-2-1-3-6-12/h1-3,5-6,13-14H,4,7-11H2. The van der Waals surface area contributed by atoms with Gasteiger partial charge in [-0.3, -0.25) is 0 Å². The third kappa shape index (κ3) is 4.26. The first-order valence-electron chi connectivity index (χ1n) is 6.12. The van der Waals surface area contributed by atoms with Crippen LogP contribution in [0.2, 0.25) is 0 Å². The Balaban J connectivity index is 1.52. The Hall–Kier alpha value is -0.340. The van der Waals surface area contributed by atoms with E-state index in [-0.39, 0.29) is 0 Å². The smallest absolute Gasteiger partial charge is 0.0716 e. The number of halogens is 1. The van der Waals surface area contributed by atoms with Gasteiger partial charge in [0.15, 0.2) is 0 Å². The molecule has 1 atom stereocenters. The first-order valence-corrected chi connectivity index (χ1v) is 7.03. The van der Waals surface area contributed by atoms with Crippen molar-refractivity contribution in [3.63, 3.8) is 0 Å². The first kappa shape index (κ1) is 12.1. The molecular weight excluding hydrogens is 264 g/mol. The van der Waals surface area contributed by atoms with Gasteiger partial charge in [0.25, 0.3) is 0 Å². The molecule has 16 heavy (non-hydrogen) atoms. The summed E-state index contributed by atoms with van der Waals surface area (Å²) in [6.07, 6.45) is 5.25. The van der Waals surface area contributed by atoms with E-state index >= 15 is 0 Å². The molecule has 1 fully saturated rings. The highest BCUT2D eigenvalue weighted by molar-refractivity contribution is 9.09. The molecule has 0 N–H and O–H groups in total. The molecule has 0 saturated heterocycles. The molecule has 0 heterocycles. The summed E-state index contributed by atoms with van der Waals surface area (Å²) in [7, 11) is 0. The van der Waals surface area contributed by atoms with Crippen LogP contribution in [0.25, 0.3) is 0 Å². The average Bonchev–Trinajstić information content (AvgIpc) is 3.13. The first-order chi connectivity index (χ1) is 7.86. The summed E-state index contributed by atoms with van der Waals surface area (Å²) in [5, 5.41) is 0. The third-order valence-electron chi connectivity index (χ3n) is 3.01. The van der Waals surface area contributed by atoms with E-state index in [0.717, 1.165) is 24.0 Å². The Morgan fingerprint density at radius 3 is 2.69 bits per heavy atom. The fourth-order valence-electron chi connectivity index (χ4n) is 1.84. The van der Waals surface area contributed by atoms with E-state index in [4.69, 9.17) is 4.74 Å². The Kier molecular flexibility index (Phi) is 4.86. The second kappa shape index (κ2) is 6.41. The van der Waals surface area contributed by atoms with Crippen molar-refractivity contribution in [1.29, 1.82) is 0 Å². The number of rotatable bonds is 7. The second-order valence-corrected chi connectivity index (χ2v) is 5.71. The largest absolute Gasteiger partial charge is 0.377 e. The highest BCUT2D eigenvalue weighted by atomic mass is 79.9. The van der Waals surface area contributed by atoms with E-state index in [9.17, 15) is 0 Å². The molecule has 0 amide bonds. The zero-order valence-electron chi connectivity index (χ0n) is 9.57. The van der Waals surface area contributed by atoms with Crippen molar-refractivity contribution < 1.29 is 4.74 Å². The summed E-state index contributed by atoms with van der Waals surface area (Å²) >= 11 is 3.75. The lowest BCUT2D eigenvalue weighted by molar-refractivity contribution is 0.117. The lowest BCUT2D eigenvalue weighted by Crippen LogP contribution is -2.03. The van der Waals surface area contributed by atoms with Crippen LogP contribution in [-0.4, -0.2) is 11.4 Å². The number of alkyl halides is 1. The van der Waals surface area contributed by atoms with Crippen LogP contribution in [0.3, 0.4) is 0 Å². The van der Waals surface area contributed by atoms with Gasteiger partial charge >= 0.3 is 0 Å². The van der Waals surface area contributed by atoms with E-state index in [2.05, 4.69) is 40.2 Å². The molecule has 0 spiro atoms. The molecule has 1 aliphatic carbocycles. The normalized spacial score (nSPS) is 17.3. The lowest BCUT2D eigenvalue weighted by atomic mass is 10.2. The van der Waals surface area contributed by atoms with Crippen LogP contribution >= 0.6 is 15.9 Å². The van der Waals surface area contributed by atoms with E-state index < -0.39 is 0 Å². The Morgan fingerprint density at radius 2 is 2.00 bits per heavy atom. The van der Waals surface area contributed by atoms with Gasteiger partial charge in [-0.1, -0.05) is 46.3 Å². The molecule has 0 aliphatic heterocycles. The van der Waals surface area contributed by atoms with Crippen molar-refractivity contribution >= 4 is 15.9 Å². The molecule has 1 aromatic carbocycles. The predicted octanol–water partition coefficient (Wildman–Crippen LogP) is 4.16. The number of hydrogen-bond donors (Lipinski definition) is 0. The van der Waals surface area contributed by atoms with Crippen molar-refractivity contribution in [3.8, 4) is 0 Å². The minimum atomic E-state index is 0.729. The van der Waals surface area contributed by atoms with Crippen molar-refractivity contribution in [3.05, 3.63) is 35.9 Å². The van der Waals surface area contributed by atoms with Gasteiger partial charge in [0.2, 0.25) is 0 Å². The molecule has 1 unspecified atom stereocenters. The highest BCUT2D eigenvalue weighted by Crippen LogP contribution is 2.38. The maximum absolute atomic E-state index is 5.65. The number of benzene rings is 1. The summed E-state index contributed by atoms with van der Waals surface area (Å²) in [6, 6.07) is 10.4. The summed E-state index contributed by atoms with van der Waals surface area (Å²) in [6.45, 7) is 1.63. The monoisotopic (exact) mass is 282 g/mol. The lowest BCUT2D eigenvalue weighted by Gasteiger charge is -2.08. The van der Waals surface area contributed by atoms with E-state index in [1.54, 1.807) is 0 Å². The molecule has 1 aromatic rings. The Labute approximate surface area is 106 Å². The van der Waals surface area contributed by atoms with Crippen molar-refractivity contribution in [1.82, 2.24) is 0 Å². The molecule has 0 radical (unpaired) electrons. The van der Waals surface area contributed by atoms with Gasteiger partial charge in [-0.05, 0) is 37.2 Å². The molecule has 1 aliphatic rings. The van der Waals surface area contributed by atoms with Crippen molar-refractivity contribution in [2.75, 3.05) is 6.61 Å². The molecule has 2 rings (SSSR count). The van der Waals surface area contributed by atoms with Gasteiger partial charge in [0.1, 0.15) is 0 Å². The van der Waals surface area contributed by atoms with E-state index in [1.165, 1.54) is 31.2 Å². The van der Waals surface area contributed by atoms with Crippen LogP contribution in [0.1, 0.15) is 31.2 Å². The summed E-state index contributed by atoms with van der Waals surface area (Å²) < 4.78 is 5.65. The summed E-state index contributed by atoms with van der Waals surface area (Å²) in [5.41, 5.74) is 1.26. The van der Waals surface area contributed by atoms with Gasteiger partial charge in [-0.25, -0.2) is 0 Å². The maximum Gasteiger partial charge on any atom is 0.0716 e. The fourth-order valence-corrected chi connectivity index (χ4v) is 2.69. The van der Waals surface area contributed by atoms with Crippen molar-refractivity contribution in [2.24, 2.45) is 5.92 Å². The van der Waals surface area contributed by atoms with Gasteiger partial charge in [-0.15, -0.1) is 0 Å². The maximum atomic E-state index is 5.65. The molecule has 0 bridgehead atoms. The van der Waals surface area contributed by atoms with Crippen LogP contribution in [0, 0.1) is 5.92 Å². The zero-order valence-corrected chi connectivity index (χ0v) is 11.2. The third-order valence-corrected chi connectivity index (χ3v) is 4.22. The van der Waals surface area contributed by atoms with Crippen LogP contribution < -0.4 is 0 Å². The zero-order chi connectivity index (χ0) is 11.2. The van der Waals surface area contributed by atoms with Gasteiger partial charge < -0.3 is 4.74 Å². The van der Waals surface area contributed by atoms with Crippen LogP contribution in [0.5, 0.6) is 0 Å². The van der Waals surface area contributed by atoms with Crippen LogP contribution in [0.4, 0.5) is 0 Å². The van der Waals surface area contributed by atoms with Crippen LogP contribution in [-0.2, 0) is 11.3 Å². The number of hydrogen-bond acceptors (Lipinski definition) is 1. The molecule has 2 heteroatoms. The van der Waals surface area contributed by atoms with Gasteiger partial charge in [0, 0.05) is 11.4 Å². The van der Waals surface area contributed by atoms with Crippen LogP contribution in [0.15, 0.2) is 30.3 Å². The van der Waals surface area contributed by atoms with E-state index in [0.29, 0.717) is 0 Å². The molecule has 1 saturated carbocycles. The van der Waals surface area contributed by atoms with E-state index in [1.807, 2.05) is 6.07 Å². The predicted molar refractivity (Wildman–Crippen MR) is 70.8 cm³/mol. The Bertz CT molecular complexity index is 295. The molecule has 0 aromatic heterocycles. The van der Waals surface area contributed by atoms with Gasteiger partial charge in [-0.2, -0.15) is 0 Å². The second-order valence-electron chi connectivity index (χ2n) is 4.53. The topological polar surface area (TPSA) is 9.23 Å². The molecule has 1 nitrogen and oxygen atoms in total. The number of ether oxygens (including phenoxy) is 1. The minimum Gasteiger partial charge on any atom is -0.377 e. The molecular formula is C14H19BrO. The highest BCUT2D eigenvalue weighted by Gasteiger charge is 2.28. The average molecular weight is 283 g/mol. The summed E-state index contributed by atoms with van der Waals surface area (Å²) in [4.78, 5) is 0.729. The SMILES string of the molecule is BrC(CCCOCc1ccccc1)C1CC1. The summed E-state index contributed by atoms with van der Waals surface area (Å²) in [5.74, 6) is 0.953.